The molecule has 0 saturated heterocycles. The lowest BCUT2D eigenvalue weighted by Gasteiger charge is -2.31. The fraction of sp³-hybridized carbons (Fsp3) is 0.800. The molecule has 1 aromatic heterocycles. The number of aryl methyl sites for hydroxylation is 2. The molecule has 0 fully saturated rings. The van der Waals surface area contributed by atoms with Crippen LogP contribution in [0, 0.1) is 5.41 Å². The van der Waals surface area contributed by atoms with E-state index in [1.807, 2.05) is 11.7 Å². The van der Waals surface area contributed by atoms with Gasteiger partial charge in [0, 0.05) is 13.7 Å². The molecule has 19 heavy (non-hydrogen) atoms. The van der Waals surface area contributed by atoms with Crippen LogP contribution >= 0.6 is 15.9 Å². The first kappa shape index (κ1) is 16.7. The second-order valence-electron chi connectivity index (χ2n) is 5.48. The Labute approximate surface area is 125 Å². The summed E-state index contributed by atoms with van der Waals surface area (Å²) < 4.78 is 3.09. The normalized spacial score (nSPS) is 14.6. The van der Waals surface area contributed by atoms with Gasteiger partial charge in [0.05, 0.1) is 15.9 Å². The van der Waals surface area contributed by atoms with Crippen molar-refractivity contribution in [3.8, 4) is 0 Å². The lowest BCUT2D eigenvalue weighted by atomic mass is 9.77. The van der Waals surface area contributed by atoms with Crippen molar-refractivity contribution in [1.29, 1.82) is 0 Å². The van der Waals surface area contributed by atoms with Gasteiger partial charge in [-0.15, -0.1) is 0 Å². The zero-order chi connectivity index (χ0) is 14.5. The van der Waals surface area contributed by atoms with E-state index >= 15 is 0 Å². The smallest absolute Gasteiger partial charge is 0.0766 e. The van der Waals surface area contributed by atoms with Crippen molar-refractivity contribution in [2.24, 2.45) is 12.5 Å². The first-order valence-electron chi connectivity index (χ1n) is 7.34. The van der Waals surface area contributed by atoms with Gasteiger partial charge in [-0.3, -0.25) is 4.68 Å². The number of aliphatic hydroxyl groups is 1. The van der Waals surface area contributed by atoms with Gasteiger partial charge in [-0.1, -0.05) is 33.6 Å². The topological polar surface area (TPSA) is 38.1 Å². The average Bonchev–Trinajstić information content (AvgIpc) is 2.70. The molecule has 1 N–H and O–H groups in total. The molecule has 110 valence electrons. The molecule has 0 aliphatic rings. The Kier molecular flexibility index (Phi) is 6.54. The molecule has 1 aromatic rings. The monoisotopic (exact) mass is 330 g/mol. The van der Waals surface area contributed by atoms with E-state index in [1.165, 1.54) is 18.5 Å². The second kappa shape index (κ2) is 7.44. The van der Waals surface area contributed by atoms with E-state index in [0.29, 0.717) is 0 Å². The first-order valence-corrected chi connectivity index (χ1v) is 8.14. The SMILES string of the molecule is CCCCC(CC)(CO)Cc1c(Br)c(CC)nn1C. The fourth-order valence-corrected chi connectivity index (χ4v) is 3.31. The van der Waals surface area contributed by atoms with Crippen molar-refractivity contribution in [2.75, 3.05) is 6.61 Å². The highest BCUT2D eigenvalue weighted by molar-refractivity contribution is 9.10. The maximum atomic E-state index is 9.87. The van der Waals surface area contributed by atoms with Gasteiger partial charge < -0.3 is 5.11 Å². The van der Waals surface area contributed by atoms with Crippen molar-refractivity contribution >= 4 is 15.9 Å². The highest BCUT2D eigenvalue weighted by Crippen LogP contribution is 2.35. The molecule has 0 aliphatic carbocycles. The van der Waals surface area contributed by atoms with Crippen LogP contribution in [0.4, 0.5) is 0 Å². The summed E-state index contributed by atoms with van der Waals surface area (Å²) in [6, 6.07) is 0. The van der Waals surface area contributed by atoms with Gasteiger partial charge in [0.25, 0.3) is 0 Å². The molecule has 1 atom stereocenters. The molecule has 4 heteroatoms. The van der Waals surface area contributed by atoms with E-state index in [4.69, 9.17) is 0 Å². The third-order valence-corrected chi connectivity index (χ3v) is 5.11. The molecule has 0 aliphatic heterocycles. The highest BCUT2D eigenvalue weighted by atomic mass is 79.9. The quantitative estimate of drug-likeness (QED) is 0.785. The van der Waals surface area contributed by atoms with Crippen molar-refractivity contribution < 1.29 is 5.11 Å². The predicted molar refractivity (Wildman–Crippen MR) is 83.3 cm³/mol. The van der Waals surface area contributed by atoms with Gasteiger partial charge in [-0.25, -0.2) is 0 Å². The molecule has 3 nitrogen and oxygen atoms in total. The Morgan fingerprint density at radius 3 is 2.42 bits per heavy atom. The third kappa shape index (κ3) is 3.82. The largest absolute Gasteiger partial charge is 0.396 e. The van der Waals surface area contributed by atoms with Crippen LogP contribution in [0.25, 0.3) is 0 Å². The minimum Gasteiger partial charge on any atom is -0.396 e. The van der Waals surface area contributed by atoms with Crippen LogP contribution in [0.15, 0.2) is 4.47 Å². The number of hydrogen-bond donors (Lipinski definition) is 1. The molecule has 0 aromatic carbocycles. The molecule has 1 unspecified atom stereocenters. The maximum Gasteiger partial charge on any atom is 0.0766 e. The van der Waals surface area contributed by atoms with Crippen LogP contribution in [0.3, 0.4) is 0 Å². The Bertz CT molecular complexity index is 397. The lowest BCUT2D eigenvalue weighted by molar-refractivity contribution is 0.105. The summed E-state index contributed by atoms with van der Waals surface area (Å²) in [6.07, 6.45) is 6.25. The van der Waals surface area contributed by atoms with E-state index in [2.05, 4.69) is 41.8 Å². The zero-order valence-electron chi connectivity index (χ0n) is 12.7. The lowest BCUT2D eigenvalue weighted by Crippen LogP contribution is -2.28. The molecule has 1 heterocycles. The Balaban J connectivity index is 2.99. The Hall–Kier alpha value is -0.350. The van der Waals surface area contributed by atoms with Crippen molar-refractivity contribution in [3.63, 3.8) is 0 Å². The van der Waals surface area contributed by atoms with E-state index in [0.717, 1.165) is 35.8 Å². The van der Waals surface area contributed by atoms with Gasteiger partial charge >= 0.3 is 0 Å². The molecule has 0 spiro atoms. The van der Waals surface area contributed by atoms with E-state index in [-0.39, 0.29) is 12.0 Å². The summed E-state index contributed by atoms with van der Waals surface area (Å²) in [4.78, 5) is 0. The Morgan fingerprint density at radius 2 is 2.00 bits per heavy atom. The Morgan fingerprint density at radius 1 is 1.32 bits per heavy atom. The summed E-state index contributed by atoms with van der Waals surface area (Å²) >= 11 is 3.68. The van der Waals surface area contributed by atoms with E-state index in [9.17, 15) is 5.11 Å². The van der Waals surface area contributed by atoms with E-state index in [1.54, 1.807) is 0 Å². The minimum atomic E-state index is -0.00264. The third-order valence-electron chi connectivity index (χ3n) is 4.19. The molecular formula is C15H27BrN2O. The molecule has 0 saturated carbocycles. The second-order valence-corrected chi connectivity index (χ2v) is 6.27. The van der Waals surface area contributed by atoms with Crippen LogP contribution in [-0.2, 0) is 19.9 Å². The highest BCUT2D eigenvalue weighted by Gasteiger charge is 2.30. The molecular weight excluding hydrogens is 304 g/mol. The van der Waals surface area contributed by atoms with Gasteiger partial charge in [-0.2, -0.15) is 5.10 Å². The number of nitrogens with zero attached hydrogens (tertiary/aromatic N) is 2. The zero-order valence-corrected chi connectivity index (χ0v) is 14.3. The number of hydrogen-bond acceptors (Lipinski definition) is 2. The van der Waals surface area contributed by atoms with Crippen molar-refractivity contribution in [3.05, 3.63) is 15.9 Å². The summed E-state index contributed by atoms with van der Waals surface area (Å²) in [5, 5.41) is 14.4. The van der Waals surface area contributed by atoms with Crippen molar-refractivity contribution in [1.82, 2.24) is 9.78 Å². The van der Waals surface area contributed by atoms with Crippen molar-refractivity contribution in [2.45, 2.75) is 59.3 Å². The standard InChI is InChI=1S/C15H27BrN2O/c1-5-8-9-15(7-3,11-19)10-13-14(16)12(6-2)17-18(13)4/h19H,5-11H2,1-4H3. The first-order chi connectivity index (χ1) is 9.03. The van der Waals surface area contributed by atoms with Gasteiger partial charge in [0.2, 0.25) is 0 Å². The predicted octanol–water partition coefficient (Wildman–Crippen LogP) is 3.87. The van der Waals surface area contributed by atoms with Gasteiger partial charge in [0.1, 0.15) is 0 Å². The summed E-state index contributed by atoms with van der Waals surface area (Å²) in [6.45, 7) is 6.75. The van der Waals surface area contributed by atoms with E-state index < -0.39 is 0 Å². The number of aromatic nitrogens is 2. The summed E-state index contributed by atoms with van der Waals surface area (Å²) in [7, 11) is 2.00. The molecule has 0 bridgehead atoms. The fourth-order valence-electron chi connectivity index (χ4n) is 2.56. The molecule has 0 amide bonds. The number of rotatable bonds is 8. The summed E-state index contributed by atoms with van der Waals surface area (Å²) in [5.74, 6) is 0. The minimum absolute atomic E-state index is 0.00264. The molecule has 0 radical (unpaired) electrons. The summed E-state index contributed by atoms with van der Waals surface area (Å²) in [5.41, 5.74) is 2.32. The maximum absolute atomic E-state index is 9.87. The van der Waals surface area contributed by atoms with Gasteiger partial charge in [0.15, 0.2) is 0 Å². The molecule has 1 rings (SSSR count). The number of halogens is 1. The number of unbranched alkanes of at least 4 members (excludes halogenated alkanes) is 1. The van der Waals surface area contributed by atoms with Crippen LogP contribution < -0.4 is 0 Å². The average molecular weight is 331 g/mol. The van der Waals surface area contributed by atoms with Crippen LogP contribution in [-0.4, -0.2) is 21.5 Å². The van der Waals surface area contributed by atoms with Gasteiger partial charge in [-0.05, 0) is 47.0 Å². The van der Waals surface area contributed by atoms with Crippen LogP contribution in [0.2, 0.25) is 0 Å². The number of aliphatic hydroxyl groups excluding tert-OH is 1. The van der Waals surface area contributed by atoms with Crippen LogP contribution in [0.1, 0.15) is 57.8 Å². The van der Waals surface area contributed by atoms with Crippen LogP contribution in [0.5, 0.6) is 0 Å².